The smallest absolute Gasteiger partial charge is 0.253 e. The van der Waals surface area contributed by atoms with Crippen LogP contribution in [0, 0.1) is 0 Å². The molecule has 0 aliphatic heterocycles. The Morgan fingerprint density at radius 1 is 1.16 bits per heavy atom. The molecule has 0 spiro atoms. The Bertz CT molecular complexity index is 818. The van der Waals surface area contributed by atoms with Crippen LogP contribution in [0.2, 0.25) is 0 Å². The molecule has 2 atom stereocenters. The molecule has 1 heterocycles. The summed E-state index contributed by atoms with van der Waals surface area (Å²) in [6.07, 6.45) is 3.04. The molecule has 128 valence electrons. The minimum absolute atomic E-state index is 0.259. The van der Waals surface area contributed by atoms with Crippen molar-refractivity contribution in [3.05, 3.63) is 78.1 Å². The average Bonchev–Trinajstić information content (AvgIpc) is 3.17. The second kappa shape index (κ2) is 7.72. The SMILES string of the molecule is C[C@@H](NC(=O)c1ccccc1-n1ccnn1)[C@H](O)Cc1ccccc1. The third kappa shape index (κ3) is 4.10. The minimum Gasteiger partial charge on any atom is -0.391 e. The molecule has 0 unspecified atom stereocenters. The van der Waals surface area contributed by atoms with Crippen molar-refractivity contribution in [1.29, 1.82) is 0 Å². The lowest BCUT2D eigenvalue weighted by Crippen LogP contribution is -2.42. The molecular weight excluding hydrogens is 316 g/mol. The van der Waals surface area contributed by atoms with E-state index < -0.39 is 12.1 Å². The molecule has 0 saturated carbocycles. The number of hydrogen-bond donors (Lipinski definition) is 2. The second-order valence-corrected chi connectivity index (χ2v) is 5.88. The number of amides is 1. The van der Waals surface area contributed by atoms with Gasteiger partial charge in [-0.2, -0.15) is 0 Å². The Morgan fingerprint density at radius 3 is 2.60 bits per heavy atom. The summed E-state index contributed by atoms with van der Waals surface area (Å²) in [4.78, 5) is 12.6. The van der Waals surface area contributed by atoms with Crippen molar-refractivity contribution in [1.82, 2.24) is 20.3 Å². The Hall–Kier alpha value is -2.99. The molecule has 25 heavy (non-hydrogen) atoms. The molecule has 0 aliphatic rings. The van der Waals surface area contributed by atoms with E-state index in [2.05, 4.69) is 15.6 Å². The molecule has 1 aromatic heterocycles. The first-order chi connectivity index (χ1) is 12.1. The van der Waals surface area contributed by atoms with E-state index >= 15 is 0 Å². The molecule has 3 aromatic rings. The largest absolute Gasteiger partial charge is 0.391 e. The van der Waals surface area contributed by atoms with Crippen molar-refractivity contribution in [2.24, 2.45) is 0 Å². The minimum atomic E-state index is -0.676. The van der Waals surface area contributed by atoms with E-state index in [9.17, 15) is 9.90 Å². The van der Waals surface area contributed by atoms with Crippen LogP contribution in [-0.4, -0.2) is 38.2 Å². The quantitative estimate of drug-likeness (QED) is 0.721. The highest BCUT2D eigenvalue weighted by molar-refractivity contribution is 5.97. The van der Waals surface area contributed by atoms with E-state index in [1.165, 1.54) is 0 Å². The van der Waals surface area contributed by atoms with Gasteiger partial charge in [-0.05, 0) is 24.6 Å². The van der Waals surface area contributed by atoms with Gasteiger partial charge in [0.2, 0.25) is 0 Å². The van der Waals surface area contributed by atoms with Crippen molar-refractivity contribution in [3.63, 3.8) is 0 Å². The summed E-state index contributed by atoms with van der Waals surface area (Å²) in [5.41, 5.74) is 2.15. The molecule has 0 fully saturated rings. The van der Waals surface area contributed by atoms with Crippen LogP contribution < -0.4 is 5.32 Å². The van der Waals surface area contributed by atoms with Crippen molar-refractivity contribution >= 4 is 5.91 Å². The molecule has 6 heteroatoms. The molecular formula is C19H20N4O2. The van der Waals surface area contributed by atoms with Crippen LogP contribution in [0.15, 0.2) is 67.0 Å². The Morgan fingerprint density at radius 2 is 1.88 bits per heavy atom. The molecule has 3 rings (SSSR count). The Kier molecular flexibility index (Phi) is 5.20. The van der Waals surface area contributed by atoms with Gasteiger partial charge in [-0.3, -0.25) is 4.79 Å². The third-order valence-electron chi connectivity index (χ3n) is 4.04. The van der Waals surface area contributed by atoms with Crippen LogP contribution in [0.3, 0.4) is 0 Å². The predicted octanol–water partition coefficient (Wildman–Crippen LogP) is 1.99. The molecule has 6 nitrogen and oxygen atoms in total. The van der Waals surface area contributed by atoms with Crippen molar-refractivity contribution in [2.45, 2.75) is 25.5 Å². The molecule has 0 radical (unpaired) electrons. The number of aliphatic hydroxyl groups is 1. The highest BCUT2D eigenvalue weighted by Crippen LogP contribution is 2.14. The number of hydrogen-bond acceptors (Lipinski definition) is 4. The van der Waals surface area contributed by atoms with Crippen LogP contribution >= 0.6 is 0 Å². The van der Waals surface area contributed by atoms with Gasteiger partial charge < -0.3 is 10.4 Å². The van der Waals surface area contributed by atoms with E-state index in [-0.39, 0.29) is 5.91 Å². The monoisotopic (exact) mass is 336 g/mol. The van der Waals surface area contributed by atoms with Gasteiger partial charge in [-0.15, -0.1) is 5.10 Å². The summed E-state index contributed by atoms with van der Waals surface area (Å²) in [5, 5.41) is 21.0. The first kappa shape index (κ1) is 16.9. The summed E-state index contributed by atoms with van der Waals surface area (Å²) in [6.45, 7) is 1.80. The number of carbonyl (C=O) groups is 1. The standard InChI is InChI=1S/C19H20N4O2/c1-14(18(24)13-15-7-3-2-4-8-15)21-19(25)16-9-5-6-10-17(16)23-12-11-20-22-23/h2-12,14,18,24H,13H2,1H3,(H,21,25)/t14-,18-/m1/s1. The molecule has 0 aliphatic carbocycles. The van der Waals surface area contributed by atoms with Gasteiger partial charge in [0.05, 0.1) is 35.8 Å². The lowest BCUT2D eigenvalue weighted by Gasteiger charge is -2.21. The fourth-order valence-electron chi connectivity index (χ4n) is 2.62. The molecule has 2 aromatic carbocycles. The zero-order valence-electron chi connectivity index (χ0n) is 13.9. The number of nitrogens with zero attached hydrogens (tertiary/aromatic N) is 3. The normalized spacial score (nSPS) is 13.2. The summed E-state index contributed by atoms with van der Waals surface area (Å²) in [5.74, 6) is -0.259. The maximum absolute atomic E-state index is 12.6. The average molecular weight is 336 g/mol. The summed E-state index contributed by atoms with van der Waals surface area (Å²) >= 11 is 0. The van der Waals surface area contributed by atoms with E-state index in [1.807, 2.05) is 36.4 Å². The molecule has 2 N–H and O–H groups in total. The number of benzene rings is 2. The van der Waals surface area contributed by atoms with Gasteiger partial charge >= 0.3 is 0 Å². The van der Waals surface area contributed by atoms with Crippen LogP contribution in [0.1, 0.15) is 22.8 Å². The topological polar surface area (TPSA) is 80.0 Å². The van der Waals surface area contributed by atoms with Crippen molar-refractivity contribution in [3.8, 4) is 5.69 Å². The predicted molar refractivity (Wildman–Crippen MR) is 94.4 cm³/mol. The van der Waals surface area contributed by atoms with Crippen LogP contribution in [0.4, 0.5) is 0 Å². The lowest BCUT2D eigenvalue weighted by atomic mass is 10.0. The van der Waals surface area contributed by atoms with Crippen LogP contribution in [0.5, 0.6) is 0 Å². The van der Waals surface area contributed by atoms with Crippen LogP contribution in [-0.2, 0) is 6.42 Å². The highest BCUT2D eigenvalue weighted by atomic mass is 16.3. The first-order valence-electron chi connectivity index (χ1n) is 8.13. The highest BCUT2D eigenvalue weighted by Gasteiger charge is 2.20. The zero-order valence-corrected chi connectivity index (χ0v) is 13.9. The summed E-state index contributed by atoms with van der Waals surface area (Å²) in [7, 11) is 0. The number of nitrogens with one attached hydrogen (secondary N) is 1. The number of aliphatic hydroxyl groups excluding tert-OH is 1. The molecule has 1 amide bonds. The number of carbonyl (C=O) groups excluding carboxylic acids is 1. The van der Waals surface area contributed by atoms with E-state index in [0.717, 1.165) is 5.56 Å². The lowest BCUT2D eigenvalue weighted by molar-refractivity contribution is 0.0851. The van der Waals surface area contributed by atoms with Gasteiger partial charge in [-0.1, -0.05) is 47.7 Å². The Balaban J connectivity index is 1.70. The summed E-state index contributed by atoms with van der Waals surface area (Å²) < 4.78 is 1.54. The van der Waals surface area contributed by atoms with Gasteiger partial charge in [0.15, 0.2) is 0 Å². The first-order valence-corrected chi connectivity index (χ1v) is 8.13. The van der Waals surface area contributed by atoms with Gasteiger partial charge in [-0.25, -0.2) is 4.68 Å². The number of aromatic nitrogens is 3. The van der Waals surface area contributed by atoms with Crippen molar-refractivity contribution in [2.75, 3.05) is 0 Å². The zero-order chi connectivity index (χ0) is 17.6. The fraction of sp³-hybridized carbons (Fsp3) is 0.211. The van der Waals surface area contributed by atoms with Gasteiger partial charge in [0.1, 0.15) is 0 Å². The Labute approximate surface area is 146 Å². The van der Waals surface area contributed by atoms with Crippen molar-refractivity contribution < 1.29 is 9.90 Å². The van der Waals surface area contributed by atoms with Crippen LogP contribution in [0.25, 0.3) is 5.69 Å². The van der Waals surface area contributed by atoms with E-state index in [4.69, 9.17) is 0 Å². The van der Waals surface area contributed by atoms with E-state index in [0.29, 0.717) is 17.7 Å². The number of rotatable bonds is 6. The maximum atomic E-state index is 12.6. The van der Waals surface area contributed by atoms with E-state index in [1.54, 1.807) is 42.2 Å². The summed E-state index contributed by atoms with van der Waals surface area (Å²) in [6, 6.07) is 16.5. The van der Waals surface area contributed by atoms with Gasteiger partial charge in [0, 0.05) is 6.42 Å². The molecule has 0 bridgehead atoms. The fourth-order valence-corrected chi connectivity index (χ4v) is 2.62. The second-order valence-electron chi connectivity index (χ2n) is 5.88. The van der Waals surface area contributed by atoms with Gasteiger partial charge in [0.25, 0.3) is 5.91 Å². The number of para-hydroxylation sites is 1. The molecule has 0 saturated heterocycles. The third-order valence-corrected chi connectivity index (χ3v) is 4.04. The maximum Gasteiger partial charge on any atom is 0.253 e.